The van der Waals surface area contributed by atoms with Crippen molar-refractivity contribution in [3.05, 3.63) is 0 Å². The lowest BCUT2D eigenvalue weighted by atomic mass is 9.78. The average Bonchev–Trinajstić information content (AvgIpc) is 2.48. The molecule has 1 aliphatic carbocycles. The van der Waals surface area contributed by atoms with Crippen LogP contribution < -0.4 is 5.73 Å². The van der Waals surface area contributed by atoms with E-state index in [-0.39, 0.29) is 5.54 Å². The highest BCUT2D eigenvalue weighted by molar-refractivity contribution is 4.98. The molecule has 1 saturated carbocycles. The summed E-state index contributed by atoms with van der Waals surface area (Å²) in [7, 11) is 5.29. The molecule has 0 heterocycles. The molecule has 0 aromatic carbocycles. The quantitative estimate of drug-likeness (QED) is 0.692. The minimum Gasteiger partial charge on any atom is -0.383 e. The summed E-state index contributed by atoms with van der Waals surface area (Å²) in [6, 6.07) is 0.328. The van der Waals surface area contributed by atoms with Gasteiger partial charge in [0.15, 0.2) is 0 Å². The van der Waals surface area contributed by atoms with Crippen LogP contribution in [0.5, 0.6) is 0 Å². The summed E-state index contributed by atoms with van der Waals surface area (Å²) < 4.78 is 16.2. The first-order valence-electron chi connectivity index (χ1n) is 7.61. The molecule has 20 heavy (non-hydrogen) atoms. The molecule has 5 heteroatoms. The smallest absolute Gasteiger partial charge is 0.0615 e. The number of hydrogen-bond donors (Lipinski definition) is 1. The minimum atomic E-state index is 0.00933. The zero-order valence-electron chi connectivity index (χ0n) is 13.6. The Hall–Kier alpha value is -0.200. The summed E-state index contributed by atoms with van der Waals surface area (Å²) in [5.41, 5.74) is 6.19. The summed E-state index contributed by atoms with van der Waals surface area (Å²) in [4.78, 5) is 2.48. The maximum absolute atomic E-state index is 6.18. The molecular formula is C15H32N2O3. The molecule has 3 unspecified atom stereocenters. The number of ether oxygens (including phenoxy) is 3. The molecule has 0 spiro atoms. The van der Waals surface area contributed by atoms with E-state index in [1.54, 1.807) is 21.3 Å². The zero-order valence-corrected chi connectivity index (χ0v) is 13.6. The maximum atomic E-state index is 6.18. The van der Waals surface area contributed by atoms with Crippen molar-refractivity contribution in [2.75, 3.05) is 47.6 Å². The molecule has 0 aliphatic heterocycles. The van der Waals surface area contributed by atoms with Crippen LogP contribution in [0, 0.1) is 0 Å². The highest BCUT2D eigenvalue weighted by Crippen LogP contribution is 2.35. The van der Waals surface area contributed by atoms with Crippen LogP contribution in [0.15, 0.2) is 0 Å². The van der Waals surface area contributed by atoms with Crippen molar-refractivity contribution in [3.63, 3.8) is 0 Å². The summed E-state index contributed by atoms with van der Waals surface area (Å²) in [6.45, 7) is 5.17. The Bertz CT molecular complexity index is 266. The van der Waals surface area contributed by atoms with Crippen molar-refractivity contribution in [2.45, 2.75) is 50.3 Å². The normalized spacial score (nSPS) is 28.8. The monoisotopic (exact) mass is 288 g/mol. The SMILES string of the molecule is COCCN(C(C)COC)C1(CN)CCCC(OC)C1. The van der Waals surface area contributed by atoms with Gasteiger partial charge in [0, 0.05) is 46.0 Å². The van der Waals surface area contributed by atoms with Gasteiger partial charge in [-0.1, -0.05) is 0 Å². The van der Waals surface area contributed by atoms with Crippen LogP contribution in [0.3, 0.4) is 0 Å². The predicted molar refractivity (Wildman–Crippen MR) is 81.0 cm³/mol. The Kier molecular flexibility index (Phi) is 7.99. The van der Waals surface area contributed by atoms with Gasteiger partial charge in [0.2, 0.25) is 0 Å². The van der Waals surface area contributed by atoms with Crippen LogP contribution in [0.4, 0.5) is 0 Å². The van der Waals surface area contributed by atoms with Gasteiger partial charge in [-0.15, -0.1) is 0 Å². The molecule has 1 fully saturated rings. The number of methoxy groups -OCH3 is 3. The minimum absolute atomic E-state index is 0.00933. The molecule has 3 atom stereocenters. The van der Waals surface area contributed by atoms with Gasteiger partial charge in [-0.05, 0) is 32.6 Å². The fourth-order valence-corrected chi connectivity index (χ4v) is 3.50. The molecule has 5 nitrogen and oxygen atoms in total. The van der Waals surface area contributed by atoms with Crippen molar-refractivity contribution >= 4 is 0 Å². The molecule has 120 valence electrons. The number of hydrogen-bond acceptors (Lipinski definition) is 5. The van der Waals surface area contributed by atoms with Crippen LogP contribution >= 0.6 is 0 Å². The van der Waals surface area contributed by atoms with Gasteiger partial charge < -0.3 is 19.9 Å². The van der Waals surface area contributed by atoms with E-state index < -0.39 is 0 Å². The Morgan fingerprint density at radius 2 is 2.05 bits per heavy atom. The molecular weight excluding hydrogens is 256 g/mol. The second-order valence-corrected chi connectivity index (χ2v) is 5.87. The molecule has 0 amide bonds. The highest BCUT2D eigenvalue weighted by atomic mass is 16.5. The van der Waals surface area contributed by atoms with Crippen LogP contribution in [0.2, 0.25) is 0 Å². The predicted octanol–water partition coefficient (Wildman–Crippen LogP) is 1.26. The molecule has 0 radical (unpaired) electrons. The van der Waals surface area contributed by atoms with E-state index in [1.807, 2.05) is 0 Å². The number of nitrogens with zero attached hydrogens (tertiary/aromatic N) is 1. The third kappa shape index (κ3) is 4.40. The van der Waals surface area contributed by atoms with E-state index >= 15 is 0 Å². The average molecular weight is 288 g/mol. The van der Waals surface area contributed by atoms with Gasteiger partial charge in [-0.2, -0.15) is 0 Å². The van der Waals surface area contributed by atoms with Crippen molar-refractivity contribution in [1.29, 1.82) is 0 Å². The topological polar surface area (TPSA) is 57.0 Å². The lowest BCUT2D eigenvalue weighted by Crippen LogP contribution is -2.61. The Morgan fingerprint density at radius 1 is 1.30 bits per heavy atom. The Labute approximate surface area is 123 Å². The molecule has 2 N–H and O–H groups in total. The summed E-state index contributed by atoms with van der Waals surface area (Å²) in [6.07, 6.45) is 4.74. The van der Waals surface area contributed by atoms with Crippen LogP contribution in [0.1, 0.15) is 32.6 Å². The first kappa shape index (κ1) is 17.9. The van der Waals surface area contributed by atoms with Crippen molar-refractivity contribution in [1.82, 2.24) is 4.90 Å². The summed E-state index contributed by atoms with van der Waals surface area (Å²) >= 11 is 0. The molecule has 1 aliphatic rings. The Balaban J connectivity index is 2.86. The molecule has 0 saturated heterocycles. The van der Waals surface area contributed by atoms with E-state index in [2.05, 4.69) is 11.8 Å². The van der Waals surface area contributed by atoms with Gasteiger partial charge in [-0.3, -0.25) is 4.90 Å². The lowest BCUT2D eigenvalue weighted by Gasteiger charge is -2.50. The van der Waals surface area contributed by atoms with Crippen molar-refractivity contribution in [2.24, 2.45) is 5.73 Å². The fraction of sp³-hybridized carbons (Fsp3) is 1.00. The molecule has 0 aromatic heterocycles. The third-order valence-corrected chi connectivity index (χ3v) is 4.57. The second-order valence-electron chi connectivity index (χ2n) is 5.87. The van der Waals surface area contributed by atoms with Gasteiger partial charge in [-0.25, -0.2) is 0 Å². The van der Waals surface area contributed by atoms with Crippen molar-refractivity contribution in [3.8, 4) is 0 Å². The van der Waals surface area contributed by atoms with Crippen molar-refractivity contribution < 1.29 is 14.2 Å². The third-order valence-electron chi connectivity index (χ3n) is 4.57. The van der Waals surface area contributed by atoms with Crippen LogP contribution in [-0.2, 0) is 14.2 Å². The largest absolute Gasteiger partial charge is 0.383 e. The van der Waals surface area contributed by atoms with E-state index in [9.17, 15) is 0 Å². The van der Waals surface area contributed by atoms with Gasteiger partial charge in [0.1, 0.15) is 0 Å². The van der Waals surface area contributed by atoms with Crippen LogP contribution in [0.25, 0.3) is 0 Å². The second kappa shape index (κ2) is 8.95. The van der Waals surface area contributed by atoms with E-state index in [1.165, 1.54) is 6.42 Å². The van der Waals surface area contributed by atoms with E-state index in [0.29, 0.717) is 31.9 Å². The summed E-state index contributed by atoms with van der Waals surface area (Å²) in [5.74, 6) is 0. The van der Waals surface area contributed by atoms with E-state index in [4.69, 9.17) is 19.9 Å². The molecule has 0 bridgehead atoms. The first-order chi connectivity index (χ1) is 9.63. The lowest BCUT2D eigenvalue weighted by molar-refractivity contribution is -0.0573. The standard InChI is InChI=1S/C15H32N2O3/c1-13(11-19-3)17(8-9-18-2)15(12-16)7-5-6-14(10-15)20-4/h13-14H,5-12,16H2,1-4H3. The van der Waals surface area contributed by atoms with Gasteiger partial charge >= 0.3 is 0 Å². The summed E-state index contributed by atoms with van der Waals surface area (Å²) in [5, 5.41) is 0. The highest BCUT2D eigenvalue weighted by Gasteiger charge is 2.42. The fourth-order valence-electron chi connectivity index (χ4n) is 3.50. The zero-order chi connectivity index (χ0) is 15.0. The molecule has 0 aromatic rings. The first-order valence-corrected chi connectivity index (χ1v) is 7.61. The molecule has 1 rings (SSSR count). The van der Waals surface area contributed by atoms with E-state index in [0.717, 1.165) is 25.8 Å². The van der Waals surface area contributed by atoms with Crippen LogP contribution in [-0.4, -0.2) is 70.2 Å². The van der Waals surface area contributed by atoms with Gasteiger partial charge in [0.05, 0.1) is 19.3 Å². The number of rotatable bonds is 9. The van der Waals surface area contributed by atoms with Gasteiger partial charge in [0.25, 0.3) is 0 Å². The Morgan fingerprint density at radius 3 is 2.60 bits per heavy atom. The maximum Gasteiger partial charge on any atom is 0.0615 e. The number of nitrogens with two attached hydrogens (primary N) is 1.